The molecule has 2 nitrogen and oxygen atoms in total. The van der Waals surface area contributed by atoms with Crippen molar-refractivity contribution < 1.29 is 0 Å². The molecule has 0 saturated carbocycles. The second kappa shape index (κ2) is 5.32. The standard InChI is InChI=1S/C14H18N2S/c1-4-5-6-10(2)15-12-7-8-13-14(9-12)17-11(3)16-13/h4,7-10,15H,1,5-6H2,2-3H3. The van der Waals surface area contributed by atoms with Gasteiger partial charge in [0.05, 0.1) is 15.2 Å². The maximum Gasteiger partial charge on any atom is 0.0907 e. The molecule has 0 aliphatic heterocycles. The van der Waals surface area contributed by atoms with Crippen LogP contribution in [0.3, 0.4) is 0 Å². The van der Waals surface area contributed by atoms with Crippen molar-refractivity contribution in [3.63, 3.8) is 0 Å². The van der Waals surface area contributed by atoms with Crippen molar-refractivity contribution in [3.05, 3.63) is 35.9 Å². The highest BCUT2D eigenvalue weighted by Crippen LogP contribution is 2.25. The van der Waals surface area contributed by atoms with E-state index in [1.54, 1.807) is 11.3 Å². The highest BCUT2D eigenvalue weighted by Gasteiger charge is 2.04. The van der Waals surface area contributed by atoms with E-state index in [1.165, 1.54) is 10.4 Å². The summed E-state index contributed by atoms with van der Waals surface area (Å²) in [5, 5.41) is 4.63. The molecule has 2 aromatic rings. The fraction of sp³-hybridized carbons (Fsp3) is 0.357. The molecule has 0 bridgehead atoms. The van der Waals surface area contributed by atoms with Crippen molar-refractivity contribution in [1.82, 2.24) is 4.98 Å². The predicted octanol–water partition coefficient (Wildman–Crippen LogP) is 4.37. The van der Waals surface area contributed by atoms with Crippen molar-refractivity contribution in [3.8, 4) is 0 Å². The molecular formula is C14H18N2S. The Morgan fingerprint density at radius 2 is 2.35 bits per heavy atom. The highest BCUT2D eigenvalue weighted by molar-refractivity contribution is 7.18. The number of rotatable bonds is 5. The summed E-state index contributed by atoms with van der Waals surface area (Å²) in [5.41, 5.74) is 2.27. The van der Waals surface area contributed by atoms with Crippen LogP contribution in [0.15, 0.2) is 30.9 Å². The number of anilines is 1. The van der Waals surface area contributed by atoms with E-state index in [-0.39, 0.29) is 0 Å². The van der Waals surface area contributed by atoms with Gasteiger partial charge in [-0.3, -0.25) is 0 Å². The van der Waals surface area contributed by atoms with Gasteiger partial charge in [0.25, 0.3) is 0 Å². The van der Waals surface area contributed by atoms with Crippen LogP contribution in [-0.4, -0.2) is 11.0 Å². The van der Waals surface area contributed by atoms with Crippen LogP contribution in [0.2, 0.25) is 0 Å². The molecule has 17 heavy (non-hydrogen) atoms. The maximum atomic E-state index is 4.46. The zero-order chi connectivity index (χ0) is 12.3. The van der Waals surface area contributed by atoms with Gasteiger partial charge in [-0.25, -0.2) is 4.98 Å². The van der Waals surface area contributed by atoms with Crippen molar-refractivity contribution in [2.75, 3.05) is 5.32 Å². The molecule has 0 radical (unpaired) electrons. The second-order valence-electron chi connectivity index (χ2n) is 4.33. The molecular weight excluding hydrogens is 228 g/mol. The average molecular weight is 246 g/mol. The Morgan fingerprint density at radius 3 is 3.12 bits per heavy atom. The number of aryl methyl sites for hydroxylation is 1. The molecule has 2 rings (SSSR count). The second-order valence-corrected chi connectivity index (χ2v) is 5.56. The van der Waals surface area contributed by atoms with Gasteiger partial charge in [0.15, 0.2) is 0 Å². The van der Waals surface area contributed by atoms with E-state index in [9.17, 15) is 0 Å². The van der Waals surface area contributed by atoms with Crippen LogP contribution in [0, 0.1) is 6.92 Å². The molecule has 1 aromatic heterocycles. The number of fused-ring (bicyclic) bond motifs is 1. The molecule has 0 aliphatic carbocycles. The summed E-state index contributed by atoms with van der Waals surface area (Å²) < 4.78 is 1.25. The Morgan fingerprint density at radius 1 is 1.53 bits per heavy atom. The molecule has 1 unspecified atom stereocenters. The third-order valence-corrected chi connectivity index (χ3v) is 3.65. The molecule has 0 fully saturated rings. The van der Waals surface area contributed by atoms with Crippen molar-refractivity contribution in [1.29, 1.82) is 0 Å². The minimum Gasteiger partial charge on any atom is -0.383 e. The van der Waals surface area contributed by atoms with Gasteiger partial charge in [0.2, 0.25) is 0 Å². The SMILES string of the molecule is C=CCCC(C)Nc1ccc2nc(C)sc2c1. The lowest BCUT2D eigenvalue weighted by Gasteiger charge is -2.14. The largest absolute Gasteiger partial charge is 0.383 e. The van der Waals surface area contributed by atoms with Gasteiger partial charge in [-0.15, -0.1) is 17.9 Å². The Kier molecular flexibility index (Phi) is 3.79. The van der Waals surface area contributed by atoms with Crippen LogP contribution in [0.25, 0.3) is 10.2 Å². The van der Waals surface area contributed by atoms with Crippen LogP contribution in [0.4, 0.5) is 5.69 Å². The van der Waals surface area contributed by atoms with E-state index in [2.05, 4.69) is 42.0 Å². The molecule has 1 atom stereocenters. The third-order valence-electron chi connectivity index (χ3n) is 2.71. The first-order valence-electron chi connectivity index (χ1n) is 5.93. The topological polar surface area (TPSA) is 24.9 Å². The van der Waals surface area contributed by atoms with Crippen LogP contribution in [0.1, 0.15) is 24.8 Å². The van der Waals surface area contributed by atoms with Crippen LogP contribution >= 0.6 is 11.3 Å². The first-order valence-corrected chi connectivity index (χ1v) is 6.75. The Hall–Kier alpha value is -1.35. The molecule has 90 valence electrons. The molecule has 0 spiro atoms. The monoisotopic (exact) mass is 246 g/mol. The Labute approximate surface area is 106 Å². The molecule has 1 N–H and O–H groups in total. The van der Waals surface area contributed by atoms with E-state index in [0.717, 1.165) is 23.4 Å². The quantitative estimate of drug-likeness (QED) is 0.792. The average Bonchev–Trinajstić information content (AvgIpc) is 2.65. The summed E-state index contributed by atoms with van der Waals surface area (Å²) in [6.07, 6.45) is 4.13. The fourth-order valence-corrected chi connectivity index (χ4v) is 2.72. The lowest BCUT2D eigenvalue weighted by molar-refractivity contribution is 0.719. The zero-order valence-corrected chi connectivity index (χ0v) is 11.2. The molecule has 0 saturated heterocycles. The smallest absolute Gasteiger partial charge is 0.0907 e. The van der Waals surface area contributed by atoms with Gasteiger partial charge in [-0.1, -0.05) is 6.08 Å². The van der Waals surface area contributed by atoms with Crippen LogP contribution in [-0.2, 0) is 0 Å². The number of allylic oxidation sites excluding steroid dienone is 1. The number of nitrogens with zero attached hydrogens (tertiary/aromatic N) is 1. The zero-order valence-electron chi connectivity index (χ0n) is 10.4. The normalized spacial score (nSPS) is 12.6. The van der Waals surface area contributed by atoms with Gasteiger partial charge in [0, 0.05) is 11.7 Å². The van der Waals surface area contributed by atoms with E-state index >= 15 is 0 Å². The maximum absolute atomic E-state index is 4.46. The number of hydrogen-bond acceptors (Lipinski definition) is 3. The van der Waals surface area contributed by atoms with Gasteiger partial charge < -0.3 is 5.32 Å². The lowest BCUT2D eigenvalue weighted by Crippen LogP contribution is -2.14. The van der Waals surface area contributed by atoms with E-state index in [0.29, 0.717) is 6.04 Å². The highest BCUT2D eigenvalue weighted by atomic mass is 32.1. The molecule has 3 heteroatoms. The first-order chi connectivity index (χ1) is 8.19. The molecule has 0 aliphatic rings. The lowest BCUT2D eigenvalue weighted by atomic mass is 10.1. The van der Waals surface area contributed by atoms with Crippen LogP contribution in [0.5, 0.6) is 0 Å². The summed E-state index contributed by atoms with van der Waals surface area (Å²) in [6, 6.07) is 6.84. The van der Waals surface area contributed by atoms with Crippen molar-refractivity contribution in [2.45, 2.75) is 32.7 Å². The van der Waals surface area contributed by atoms with Gasteiger partial charge in [0.1, 0.15) is 0 Å². The fourth-order valence-electron chi connectivity index (χ4n) is 1.85. The first kappa shape index (κ1) is 12.1. The summed E-state index contributed by atoms with van der Waals surface area (Å²) in [6.45, 7) is 8.00. The predicted molar refractivity (Wildman–Crippen MR) is 76.9 cm³/mol. The molecule has 1 aromatic carbocycles. The van der Waals surface area contributed by atoms with Gasteiger partial charge in [-0.05, 0) is 44.9 Å². The number of hydrogen-bond donors (Lipinski definition) is 1. The summed E-state index contributed by atoms with van der Waals surface area (Å²) in [7, 11) is 0. The third kappa shape index (κ3) is 3.07. The number of benzene rings is 1. The van der Waals surface area contributed by atoms with E-state index < -0.39 is 0 Å². The summed E-state index contributed by atoms with van der Waals surface area (Å²) >= 11 is 1.74. The Bertz CT molecular complexity index is 516. The van der Waals surface area contributed by atoms with E-state index in [1.807, 2.05) is 13.0 Å². The number of nitrogens with one attached hydrogen (secondary N) is 1. The van der Waals surface area contributed by atoms with Crippen molar-refractivity contribution >= 4 is 27.2 Å². The molecule has 1 heterocycles. The number of thiazole rings is 1. The van der Waals surface area contributed by atoms with E-state index in [4.69, 9.17) is 0 Å². The Balaban J connectivity index is 2.10. The van der Waals surface area contributed by atoms with Gasteiger partial charge in [-0.2, -0.15) is 0 Å². The summed E-state index contributed by atoms with van der Waals surface area (Å²) in [4.78, 5) is 4.46. The minimum absolute atomic E-state index is 0.472. The molecule has 0 amide bonds. The van der Waals surface area contributed by atoms with Crippen LogP contribution < -0.4 is 5.32 Å². The summed E-state index contributed by atoms with van der Waals surface area (Å²) in [5.74, 6) is 0. The van der Waals surface area contributed by atoms with Gasteiger partial charge >= 0.3 is 0 Å². The minimum atomic E-state index is 0.472. The van der Waals surface area contributed by atoms with Crippen molar-refractivity contribution in [2.24, 2.45) is 0 Å². The number of aromatic nitrogens is 1.